The fraction of sp³-hybridized carbons (Fsp3) is 0.682. The molecule has 1 aliphatic carbocycles. The van der Waals surface area contributed by atoms with Gasteiger partial charge in [0.05, 0.1) is 17.9 Å². The van der Waals surface area contributed by atoms with Crippen molar-refractivity contribution < 1.29 is 14.3 Å². The van der Waals surface area contributed by atoms with Crippen LogP contribution in [0.1, 0.15) is 26.2 Å². The number of aromatic nitrogens is 3. The van der Waals surface area contributed by atoms with Gasteiger partial charge in [-0.25, -0.2) is 9.97 Å². The standard InChI is InChI=1S/C22H34N4O3Si/c1-5-29-21(27)18-7-11-25(14-22(18)8-9-22)19-17-6-10-26(20(17)24-15-23-19)16-28-12-13-30(2,3)4/h6,10,15,18H,5,7-9,11-14,16H2,1-4H3. The van der Waals surface area contributed by atoms with Gasteiger partial charge < -0.3 is 18.9 Å². The highest BCUT2D eigenvalue weighted by Crippen LogP contribution is 2.56. The quantitative estimate of drug-likeness (QED) is 0.359. The molecule has 4 rings (SSSR count). The Morgan fingerprint density at radius 2 is 2.10 bits per heavy atom. The minimum atomic E-state index is -1.09. The van der Waals surface area contributed by atoms with Crippen molar-refractivity contribution in [1.29, 1.82) is 0 Å². The molecule has 2 fully saturated rings. The van der Waals surface area contributed by atoms with Crippen LogP contribution in [0.2, 0.25) is 25.7 Å². The number of ether oxygens (including phenoxy) is 2. The molecule has 1 unspecified atom stereocenters. The smallest absolute Gasteiger partial charge is 0.309 e. The lowest BCUT2D eigenvalue weighted by atomic mass is 9.82. The molecule has 0 N–H and O–H groups in total. The van der Waals surface area contributed by atoms with Crippen LogP contribution in [0.5, 0.6) is 0 Å². The zero-order valence-corrected chi connectivity index (χ0v) is 19.7. The van der Waals surface area contributed by atoms with E-state index in [1.54, 1.807) is 6.33 Å². The number of piperidine rings is 1. The van der Waals surface area contributed by atoms with Crippen LogP contribution in [0, 0.1) is 11.3 Å². The molecule has 7 nitrogen and oxygen atoms in total. The predicted molar refractivity (Wildman–Crippen MR) is 120 cm³/mol. The van der Waals surface area contributed by atoms with Crippen molar-refractivity contribution in [3.05, 3.63) is 18.6 Å². The molecule has 0 amide bonds. The molecule has 1 atom stereocenters. The van der Waals surface area contributed by atoms with Crippen LogP contribution in [-0.4, -0.2) is 54.9 Å². The van der Waals surface area contributed by atoms with E-state index in [2.05, 4.69) is 45.1 Å². The second-order valence-electron chi connectivity index (χ2n) is 9.95. The van der Waals surface area contributed by atoms with Crippen molar-refractivity contribution in [1.82, 2.24) is 14.5 Å². The molecule has 1 saturated carbocycles. The SMILES string of the molecule is CCOC(=O)C1CCN(c2ncnc3c2ccn3COCC[Si](C)(C)C)CC12CC2. The molecule has 0 bridgehead atoms. The Morgan fingerprint density at radius 3 is 2.80 bits per heavy atom. The lowest BCUT2D eigenvalue weighted by Gasteiger charge is -2.38. The maximum atomic E-state index is 12.4. The third-order valence-electron chi connectivity index (χ3n) is 6.46. The Hall–Kier alpha value is -1.93. The van der Waals surface area contributed by atoms with E-state index in [1.165, 1.54) is 0 Å². The van der Waals surface area contributed by atoms with Gasteiger partial charge in [-0.15, -0.1) is 0 Å². The summed E-state index contributed by atoms with van der Waals surface area (Å²) < 4.78 is 13.3. The van der Waals surface area contributed by atoms with E-state index in [1.807, 2.05) is 13.1 Å². The van der Waals surface area contributed by atoms with E-state index in [-0.39, 0.29) is 17.3 Å². The molecule has 1 spiro atoms. The van der Waals surface area contributed by atoms with E-state index >= 15 is 0 Å². The van der Waals surface area contributed by atoms with Crippen molar-refractivity contribution >= 4 is 30.9 Å². The third-order valence-corrected chi connectivity index (χ3v) is 8.16. The van der Waals surface area contributed by atoms with Gasteiger partial charge in [0.2, 0.25) is 0 Å². The molecule has 2 aromatic heterocycles. The van der Waals surface area contributed by atoms with E-state index in [4.69, 9.17) is 9.47 Å². The lowest BCUT2D eigenvalue weighted by Crippen LogP contribution is -2.45. The highest BCUT2D eigenvalue weighted by Gasteiger charge is 2.56. The first-order valence-corrected chi connectivity index (χ1v) is 14.8. The summed E-state index contributed by atoms with van der Waals surface area (Å²) in [4.78, 5) is 23.9. The zero-order valence-electron chi connectivity index (χ0n) is 18.7. The Kier molecular flexibility index (Phi) is 5.90. The van der Waals surface area contributed by atoms with Crippen LogP contribution in [0.15, 0.2) is 18.6 Å². The summed E-state index contributed by atoms with van der Waals surface area (Å²) in [6.45, 7) is 12.4. The number of esters is 1. The average Bonchev–Trinajstić information content (AvgIpc) is 3.32. The van der Waals surface area contributed by atoms with Gasteiger partial charge >= 0.3 is 5.97 Å². The molecule has 30 heavy (non-hydrogen) atoms. The molecule has 1 aliphatic heterocycles. The molecule has 8 heteroatoms. The van der Waals surface area contributed by atoms with Crippen LogP contribution >= 0.6 is 0 Å². The van der Waals surface area contributed by atoms with Crippen LogP contribution in [-0.2, 0) is 21.0 Å². The number of nitrogens with zero attached hydrogens (tertiary/aromatic N) is 4. The minimum absolute atomic E-state index is 0.0235. The summed E-state index contributed by atoms with van der Waals surface area (Å²) in [6.07, 6.45) is 6.69. The van der Waals surface area contributed by atoms with E-state index < -0.39 is 8.07 Å². The number of rotatable bonds is 8. The van der Waals surface area contributed by atoms with Crippen LogP contribution < -0.4 is 4.90 Å². The fourth-order valence-corrected chi connectivity index (χ4v) is 5.26. The number of hydrogen-bond donors (Lipinski definition) is 0. The average molecular weight is 431 g/mol. The van der Waals surface area contributed by atoms with Gasteiger partial charge in [0.25, 0.3) is 0 Å². The number of anilines is 1. The highest BCUT2D eigenvalue weighted by atomic mass is 28.3. The lowest BCUT2D eigenvalue weighted by molar-refractivity contribution is -0.151. The van der Waals surface area contributed by atoms with Gasteiger partial charge in [0.1, 0.15) is 24.5 Å². The molecule has 2 aromatic rings. The monoisotopic (exact) mass is 430 g/mol. The van der Waals surface area contributed by atoms with Gasteiger partial charge in [0, 0.05) is 39.4 Å². The van der Waals surface area contributed by atoms with Crippen LogP contribution in [0.4, 0.5) is 5.82 Å². The fourth-order valence-electron chi connectivity index (χ4n) is 4.51. The van der Waals surface area contributed by atoms with Gasteiger partial charge in [-0.2, -0.15) is 0 Å². The van der Waals surface area contributed by atoms with Crippen molar-refractivity contribution in [2.24, 2.45) is 11.3 Å². The second kappa shape index (κ2) is 8.30. The molecule has 3 heterocycles. The number of carbonyl (C=O) groups is 1. The van der Waals surface area contributed by atoms with E-state index in [9.17, 15) is 4.79 Å². The summed E-state index contributed by atoms with van der Waals surface area (Å²) in [6, 6.07) is 3.24. The first-order chi connectivity index (χ1) is 14.3. The molecule has 0 aromatic carbocycles. The van der Waals surface area contributed by atoms with Crippen LogP contribution in [0.3, 0.4) is 0 Å². The van der Waals surface area contributed by atoms with E-state index in [0.29, 0.717) is 13.3 Å². The number of carbonyl (C=O) groups excluding carboxylic acids is 1. The highest BCUT2D eigenvalue weighted by molar-refractivity contribution is 6.76. The van der Waals surface area contributed by atoms with Gasteiger partial charge in [-0.05, 0) is 38.3 Å². The Morgan fingerprint density at radius 1 is 1.30 bits per heavy atom. The van der Waals surface area contributed by atoms with Gasteiger partial charge in [-0.3, -0.25) is 4.79 Å². The van der Waals surface area contributed by atoms with E-state index in [0.717, 1.165) is 61.9 Å². The number of hydrogen-bond acceptors (Lipinski definition) is 6. The van der Waals surface area contributed by atoms with Gasteiger partial charge in [-0.1, -0.05) is 19.6 Å². The maximum Gasteiger partial charge on any atom is 0.309 e. The molecule has 0 radical (unpaired) electrons. The van der Waals surface area contributed by atoms with Crippen molar-refractivity contribution in [2.75, 3.05) is 31.2 Å². The first kappa shape index (κ1) is 21.3. The maximum absolute atomic E-state index is 12.4. The first-order valence-electron chi connectivity index (χ1n) is 11.1. The normalized spacial score (nSPS) is 20.7. The third kappa shape index (κ3) is 4.39. The summed E-state index contributed by atoms with van der Waals surface area (Å²) in [5.74, 6) is 0.967. The zero-order chi connectivity index (χ0) is 21.4. The molecular weight excluding hydrogens is 396 g/mol. The predicted octanol–water partition coefficient (Wildman–Crippen LogP) is 3.91. The second-order valence-corrected chi connectivity index (χ2v) is 15.6. The Labute approximate surface area is 179 Å². The Bertz CT molecular complexity index is 903. The van der Waals surface area contributed by atoms with Crippen molar-refractivity contribution in [3.63, 3.8) is 0 Å². The topological polar surface area (TPSA) is 69.5 Å². The van der Waals surface area contributed by atoms with Crippen LogP contribution in [0.25, 0.3) is 11.0 Å². The van der Waals surface area contributed by atoms with Crippen molar-refractivity contribution in [3.8, 4) is 0 Å². The minimum Gasteiger partial charge on any atom is -0.466 e. The van der Waals surface area contributed by atoms with Gasteiger partial charge in [0.15, 0.2) is 0 Å². The Balaban J connectivity index is 1.47. The summed E-state index contributed by atoms with van der Waals surface area (Å²) in [5.41, 5.74) is 0.968. The summed E-state index contributed by atoms with van der Waals surface area (Å²) >= 11 is 0. The summed E-state index contributed by atoms with van der Waals surface area (Å²) in [5, 5.41) is 1.05. The molecule has 2 aliphatic rings. The molecule has 1 saturated heterocycles. The molecular formula is C22H34N4O3Si. The number of fused-ring (bicyclic) bond motifs is 1. The summed E-state index contributed by atoms with van der Waals surface area (Å²) in [7, 11) is -1.09. The van der Waals surface area contributed by atoms with Crippen molar-refractivity contribution in [2.45, 2.75) is 58.6 Å². The largest absolute Gasteiger partial charge is 0.466 e. The molecule has 164 valence electrons.